The van der Waals surface area contributed by atoms with Crippen LogP contribution < -0.4 is 21.1 Å². The number of amides is 1. The van der Waals surface area contributed by atoms with Crippen LogP contribution in [0.5, 0.6) is 0 Å². The van der Waals surface area contributed by atoms with Crippen LogP contribution >= 0.6 is 0 Å². The van der Waals surface area contributed by atoms with Crippen molar-refractivity contribution in [3.8, 4) is 11.4 Å². The molecule has 3 N–H and O–H groups in total. The molecule has 1 amide bonds. The zero-order valence-corrected chi connectivity index (χ0v) is 25.0. The number of benzene rings is 3. The second-order valence-electron chi connectivity index (χ2n) is 11.3. The highest BCUT2D eigenvalue weighted by molar-refractivity contribution is 5.95. The molecule has 0 unspecified atom stereocenters. The Morgan fingerprint density at radius 1 is 0.848 bits per heavy atom. The summed E-state index contributed by atoms with van der Waals surface area (Å²) in [6, 6.07) is 19.1. The van der Waals surface area contributed by atoms with Crippen molar-refractivity contribution in [3.63, 3.8) is 0 Å². The number of rotatable bonds is 6. The predicted molar refractivity (Wildman–Crippen MR) is 172 cm³/mol. The third kappa shape index (κ3) is 5.96. The van der Waals surface area contributed by atoms with Crippen molar-refractivity contribution in [2.24, 2.45) is 0 Å². The smallest absolute Gasteiger partial charge is 0.272 e. The molecule has 0 bridgehead atoms. The minimum absolute atomic E-state index is 0.0000758. The first-order valence-electron chi connectivity index (χ1n) is 15.2. The Morgan fingerprint density at radius 3 is 2.24 bits per heavy atom. The maximum atomic E-state index is 15.0. The van der Waals surface area contributed by atoms with Crippen LogP contribution in [0.4, 0.5) is 22.0 Å². The number of piperazine rings is 1. The number of nitrogen functional groups attached to an aromatic ring is 1. The summed E-state index contributed by atoms with van der Waals surface area (Å²) in [5, 5.41) is 8.00. The lowest BCUT2D eigenvalue weighted by atomic mass is 10.0. The van der Waals surface area contributed by atoms with Gasteiger partial charge in [-0.1, -0.05) is 24.3 Å². The Hall–Kier alpha value is -5.43. The Balaban J connectivity index is 1.09. The second kappa shape index (κ2) is 12.5. The number of halogens is 1. The molecule has 12 nitrogen and oxygen atoms in total. The van der Waals surface area contributed by atoms with Gasteiger partial charge in [0.1, 0.15) is 5.82 Å². The molecule has 0 atom stereocenters. The third-order valence-corrected chi connectivity index (χ3v) is 8.33. The lowest BCUT2D eigenvalue weighted by molar-refractivity contribution is 0.0741. The van der Waals surface area contributed by atoms with Crippen LogP contribution in [0.2, 0.25) is 0 Å². The number of nitrogens with two attached hydrogens (primary N) is 1. The maximum absolute atomic E-state index is 15.0. The number of hydrogen-bond acceptors (Lipinski definition) is 10. The number of nitrogens with zero attached hydrogens (tertiary/aromatic N) is 7. The number of aromatic amines is 1. The number of carbonyl (C=O) groups excluding carboxylic acids is 1. The zero-order valence-electron chi connectivity index (χ0n) is 25.0. The van der Waals surface area contributed by atoms with E-state index in [1.165, 1.54) is 6.07 Å². The van der Waals surface area contributed by atoms with E-state index in [9.17, 15) is 9.59 Å². The van der Waals surface area contributed by atoms with Gasteiger partial charge in [0.2, 0.25) is 11.9 Å². The van der Waals surface area contributed by atoms with E-state index in [0.717, 1.165) is 5.56 Å². The third-order valence-electron chi connectivity index (χ3n) is 8.33. The largest absolute Gasteiger partial charge is 0.399 e. The number of nitrogens with one attached hydrogen (secondary N) is 1. The molecule has 2 aliphatic heterocycles. The number of hydrogen-bond donors (Lipinski definition) is 2. The van der Waals surface area contributed by atoms with E-state index < -0.39 is 5.82 Å². The fourth-order valence-electron chi connectivity index (χ4n) is 5.79. The van der Waals surface area contributed by atoms with Crippen LogP contribution in [0.1, 0.15) is 21.6 Å². The van der Waals surface area contributed by atoms with Gasteiger partial charge in [-0.25, -0.2) is 9.49 Å². The van der Waals surface area contributed by atoms with Gasteiger partial charge < -0.3 is 25.2 Å². The second-order valence-corrected chi connectivity index (χ2v) is 11.3. The van der Waals surface area contributed by atoms with Gasteiger partial charge in [-0.2, -0.15) is 20.1 Å². The van der Waals surface area contributed by atoms with Gasteiger partial charge in [0, 0.05) is 62.3 Å². The zero-order chi connectivity index (χ0) is 31.6. The quantitative estimate of drug-likeness (QED) is 0.271. The summed E-state index contributed by atoms with van der Waals surface area (Å²) in [7, 11) is 0. The first-order valence-corrected chi connectivity index (χ1v) is 15.2. The molecule has 2 aromatic heterocycles. The van der Waals surface area contributed by atoms with Gasteiger partial charge in [-0.15, -0.1) is 0 Å². The van der Waals surface area contributed by atoms with E-state index in [4.69, 9.17) is 25.4 Å². The number of carbonyl (C=O) groups is 1. The van der Waals surface area contributed by atoms with E-state index >= 15 is 4.39 Å². The Morgan fingerprint density at radius 2 is 1.52 bits per heavy atom. The van der Waals surface area contributed by atoms with Crippen LogP contribution in [0, 0.1) is 5.82 Å². The molecule has 7 rings (SSSR count). The van der Waals surface area contributed by atoms with E-state index in [1.54, 1.807) is 29.2 Å². The van der Waals surface area contributed by atoms with Crippen molar-refractivity contribution in [2.75, 3.05) is 68.0 Å². The monoisotopic (exact) mass is 621 g/mol. The molecule has 0 saturated carbocycles. The van der Waals surface area contributed by atoms with Gasteiger partial charge in [0.05, 0.1) is 29.9 Å². The van der Waals surface area contributed by atoms with E-state index in [1.807, 2.05) is 41.3 Å². The highest BCUT2D eigenvalue weighted by Crippen LogP contribution is 2.25. The minimum Gasteiger partial charge on any atom is -0.399 e. The summed E-state index contributed by atoms with van der Waals surface area (Å²) in [6.07, 6.45) is 0.326. The average molecular weight is 622 g/mol. The summed E-state index contributed by atoms with van der Waals surface area (Å²) in [5.41, 5.74) is 8.45. The SMILES string of the molecule is Nc1ccc(-c2nc(N3CCOCC3)nc(N3CCN(C(=O)c4cc(Cc5n[nH]c(=O)c6ccccc56)ccc4F)CC3)n2)cc1. The van der Waals surface area contributed by atoms with E-state index in [0.29, 0.717) is 104 Å². The van der Waals surface area contributed by atoms with Crippen LogP contribution in [0.25, 0.3) is 22.2 Å². The standard InChI is InChI=1S/C33H32FN9O3/c34-27-10-5-21(20-28-24-3-1-2-4-25(24)30(44)40-39-28)19-26(27)31(45)41-11-13-42(14-12-41)32-36-29(22-6-8-23(35)9-7-22)37-33(38-32)43-15-17-46-18-16-43/h1-10,19H,11-18,20,35H2,(H,40,44). The molecule has 3 aromatic carbocycles. The van der Waals surface area contributed by atoms with Crippen molar-refractivity contribution < 1.29 is 13.9 Å². The van der Waals surface area contributed by atoms with Crippen molar-refractivity contribution >= 4 is 34.3 Å². The van der Waals surface area contributed by atoms with Gasteiger partial charge in [0.25, 0.3) is 11.5 Å². The molecule has 234 valence electrons. The number of morpholine rings is 1. The number of ether oxygens (including phenoxy) is 1. The minimum atomic E-state index is -0.587. The lowest BCUT2D eigenvalue weighted by Gasteiger charge is -2.35. The highest BCUT2D eigenvalue weighted by Gasteiger charge is 2.27. The summed E-state index contributed by atoms with van der Waals surface area (Å²) in [6.45, 7) is 4.19. The topological polar surface area (TPSA) is 146 Å². The lowest BCUT2D eigenvalue weighted by Crippen LogP contribution is -2.49. The number of H-pyrrole nitrogens is 1. The summed E-state index contributed by atoms with van der Waals surface area (Å²) in [4.78, 5) is 45.9. The molecular formula is C33H32FN9O3. The van der Waals surface area contributed by atoms with E-state index in [-0.39, 0.29) is 17.0 Å². The summed E-state index contributed by atoms with van der Waals surface area (Å²) < 4.78 is 20.6. The van der Waals surface area contributed by atoms with Crippen molar-refractivity contribution in [1.29, 1.82) is 0 Å². The van der Waals surface area contributed by atoms with Gasteiger partial charge in [-0.3, -0.25) is 9.59 Å². The van der Waals surface area contributed by atoms with Crippen LogP contribution in [-0.2, 0) is 11.2 Å². The molecule has 4 heterocycles. The molecule has 0 aliphatic carbocycles. The van der Waals surface area contributed by atoms with Crippen LogP contribution in [0.15, 0.2) is 71.5 Å². The number of anilines is 3. The molecule has 2 saturated heterocycles. The molecule has 2 aliphatic rings. The van der Waals surface area contributed by atoms with Gasteiger partial charge >= 0.3 is 0 Å². The molecule has 0 spiro atoms. The van der Waals surface area contributed by atoms with Crippen molar-refractivity contribution in [1.82, 2.24) is 30.0 Å². The first-order chi connectivity index (χ1) is 22.4. The number of fused-ring (bicyclic) bond motifs is 1. The molecule has 5 aromatic rings. The Bertz CT molecular complexity index is 1950. The van der Waals surface area contributed by atoms with Gasteiger partial charge in [0.15, 0.2) is 5.82 Å². The van der Waals surface area contributed by atoms with Crippen LogP contribution in [-0.4, -0.2) is 88.4 Å². The molecule has 0 radical (unpaired) electrons. The Labute approximate surface area is 263 Å². The first kappa shape index (κ1) is 29.3. The maximum Gasteiger partial charge on any atom is 0.272 e. The highest BCUT2D eigenvalue weighted by atomic mass is 19.1. The molecule has 13 heteroatoms. The van der Waals surface area contributed by atoms with E-state index in [2.05, 4.69) is 15.1 Å². The van der Waals surface area contributed by atoms with Gasteiger partial charge in [-0.05, 0) is 48.0 Å². The fourth-order valence-corrected chi connectivity index (χ4v) is 5.79. The summed E-state index contributed by atoms with van der Waals surface area (Å²) in [5.74, 6) is 0.655. The summed E-state index contributed by atoms with van der Waals surface area (Å²) >= 11 is 0. The number of aromatic nitrogens is 5. The molecule has 2 fully saturated rings. The van der Waals surface area contributed by atoms with Crippen molar-refractivity contribution in [2.45, 2.75) is 6.42 Å². The molecular weight excluding hydrogens is 589 g/mol. The molecule has 46 heavy (non-hydrogen) atoms. The predicted octanol–water partition coefficient (Wildman–Crippen LogP) is 2.89. The average Bonchev–Trinajstić information content (AvgIpc) is 3.10. The fraction of sp³-hybridized carbons (Fsp3) is 0.273. The van der Waals surface area contributed by atoms with Crippen LogP contribution in [0.3, 0.4) is 0 Å². The normalized spacial score (nSPS) is 15.4. The Kier molecular flexibility index (Phi) is 7.97. The van der Waals surface area contributed by atoms with Crippen molar-refractivity contribution in [3.05, 3.63) is 99.7 Å².